The molecule has 0 saturated carbocycles. The lowest BCUT2D eigenvalue weighted by Crippen LogP contribution is -1.91. The third kappa shape index (κ3) is 4.98. The Hall–Kier alpha value is -1.63. The number of unbranched alkanes of at least 4 members (excludes halogenated alkanes) is 5. The van der Waals surface area contributed by atoms with Crippen LogP contribution in [0.2, 0.25) is 0 Å². The maximum atomic E-state index is 14.3. The Morgan fingerprint density at radius 2 is 1.50 bits per heavy atom. The largest absolute Gasteiger partial charge is 0.206 e. The summed E-state index contributed by atoms with van der Waals surface area (Å²) >= 11 is 0. The summed E-state index contributed by atoms with van der Waals surface area (Å²) in [6.45, 7) is 4.28. The monoisotopic (exact) mass is 298 g/mol. The first-order valence-electron chi connectivity index (χ1n) is 8.56. The molecule has 0 nitrogen and oxygen atoms in total. The Balaban J connectivity index is 1.91. The molecule has 0 amide bonds. The molecule has 0 saturated heterocycles. The molecule has 0 unspecified atom stereocenters. The van der Waals surface area contributed by atoms with E-state index in [4.69, 9.17) is 0 Å². The molecular weight excluding hydrogens is 271 g/mol. The normalized spacial score (nSPS) is 10.9. The van der Waals surface area contributed by atoms with E-state index in [2.05, 4.69) is 13.0 Å². The summed E-state index contributed by atoms with van der Waals surface area (Å²) in [5.74, 6) is -0.104. The standard InChI is InChI=1S/C21H27F/c1-3-4-5-6-7-8-9-18-12-15-20(21(22)16-18)19-13-10-17(2)11-14-19/h10-16H,3-9H2,1-2H3. The highest BCUT2D eigenvalue weighted by atomic mass is 19.1. The molecule has 0 radical (unpaired) electrons. The van der Waals surface area contributed by atoms with Crippen LogP contribution in [0.1, 0.15) is 56.6 Å². The smallest absolute Gasteiger partial charge is 0.131 e. The van der Waals surface area contributed by atoms with Gasteiger partial charge in [0.05, 0.1) is 0 Å². The van der Waals surface area contributed by atoms with E-state index in [0.717, 1.165) is 24.0 Å². The van der Waals surface area contributed by atoms with Crippen molar-refractivity contribution in [3.8, 4) is 11.1 Å². The fourth-order valence-corrected chi connectivity index (χ4v) is 2.79. The van der Waals surface area contributed by atoms with Gasteiger partial charge >= 0.3 is 0 Å². The molecule has 2 aromatic rings. The van der Waals surface area contributed by atoms with Crippen LogP contribution < -0.4 is 0 Å². The van der Waals surface area contributed by atoms with E-state index in [9.17, 15) is 4.39 Å². The Labute approximate surface area is 134 Å². The lowest BCUT2D eigenvalue weighted by molar-refractivity contribution is 0.603. The third-order valence-electron chi connectivity index (χ3n) is 4.22. The van der Waals surface area contributed by atoms with Crippen LogP contribution in [0.25, 0.3) is 11.1 Å². The fraction of sp³-hybridized carbons (Fsp3) is 0.429. The average molecular weight is 298 g/mol. The number of aryl methyl sites for hydroxylation is 2. The third-order valence-corrected chi connectivity index (χ3v) is 4.22. The van der Waals surface area contributed by atoms with Crippen molar-refractivity contribution >= 4 is 0 Å². The molecule has 0 aliphatic rings. The van der Waals surface area contributed by atoms with Gasteiger partial charge in [-0.2, -0.15) is 0 Å². The van der Waals surface area contributed by atoms with Gasteiger partial charge in [0.25, 0.3) is 0 Å². The maximum absolute atomic E-state index is 14.3. The molecule has 0 atom stereocenters. The van der Waals surface area contributed by atoms with Crippen LogP contribution in [0.4, 0.5) is 4.39 Å². The molecule has 1 heteroatoms. The Bertz CT molecular complexity index is 569. The molecule has 118 valence electrons. The van der Waals surface area contributed by atoms with Gasteiger partial charge in [-0.3, -0.25) is 0 Å². The van der Waals surface area contributed by atoms with Crippen LogP contribution in [0, 0.1) is 12.7 Å². The van der Waals surface area contributed by atoms with E-state index in [-0.39, 0.29) is 5.82 Å². The highest BCUT2D eigenvalue weighted by molar-refractivity contribution is 5.64. The second-order valence-corrected chi connectivity index (χ2v) is 6.20. The first-order chi connectivity index (χ1) is 10.7. The van der Waals surface area contributed by atoms with Crippen molar-refractivity contribution in [1.29, 1.82) is 0 Å². The lowest BCUT2D eigenvalue weighted by atomic mass is 9.99. The Morgan fingerprint density at radius 1 is 0.818 bits per heavy atom. The van der Waals surface area contributed by atoms with Gasteiger partial charge in [-0.1, -0.05) is 81.0 Å². The Kier molecular flexibility index (Phi) is 6.64. The summed E-state index contributed by atoms with van der Waals surface area (Å²) in [7, 11) is 0. The van der Waals surface area contributed by atoms with Crippen molar-refractivity contribution in [2.45, 2.75) is 58.8 Å². The van der Waals surface area contributed by atoms with Gasteiger partial charge in [0.2, 0.25) is 0 Å². The fourth-order valence-electron chi connectivity index (χ4n) is 2.79. The van der Waals surface area contributed by atoms with Gasteiger partial charge < -0.3 is 0 Å². The molecule has 0 N–H and O–H groups in total. The molecule has 22 heavy (non-hydrogen) atoms. The van der Waals surface area contributed by atoms with E-state index >= 15 is 0 Å². The van der Waals surface area contributed by atoms with Crippen LogP contribution in [0.15, 0.2) is 42.5 Å². The van der Waals surface area contributed by atoms with Crippen LogP contribution in [-0.2, 0) is 6.42 Å². The lowest BCUT2D eigenvalue weighted by Gasteiger charge is -2.07. The van der Waals surface area contributed by atoms with Gasteiger partial charge in [0.15, 0.2) is 0 Å². The summed E-state index contributed by atoms with van der Waals surface area (Å²) in [6.07, 6.45) is 8.64. The summed E-state index contributed by atoms with van der Waals surface area (Å²) in [4.78, 5) is 0. The van der Waals surface area contributed by atoms with Crippen LogP contribution >= 0.6 is 0 Å². The van der Waals surface area contributed by atoms with Crippen LogP contribution in [0.3, 0.4) is 0 Å². The summed E-state index contributed by atoms with van der Waals surface area (Å²) in [5, 5.41) is 0. The van der Waals surface area contributed by atoms with E-state index < -0.39 is 0 Å². The molecule has 0 fully saturated rings. The minimum Gasteiger partial charge on any atom is -0.206 e. The molecule has 0 heterocycles. The van der Waals surface area contributed by atoms with Gasteiger partial charge in [0.1, 0.15) is 5.82 Å². The van der Waals surface area contributed by atoms with E-state index in [1.54, 1.807) is 6.07 Å². The SMILES string of the molecule is CCCCCCCCc1ccc(-c2ccc(C)cc2)c(F)c1. The molecule has 0 bridgehead atoms. The zero-order valence-electron chi connectivity index (χ0n) is 13.9. The Morgan fingerprint density at radius 3 is 2.18 bits per heavy atom. The minimum absolute atomic E-state index is 0.104. The van der Waals surface area contributed by atoms with Crippen molar-refractivity contribution in [3.63, 3.8) is 0 Å². The predicted octanol–water partition coefficient (Wildman–Crippen LogP) is 6.70. The first kappa shape index (κ1) is 16.7. The average Bonchev–Trinajstić information content (AvgIpc) is 2.52. The van der Waals surface area contributed by atoms with Crippen molar-refractivity contribution < 1.29 is 4.39 Å². The quantitative estimate of drug-likeness (QED) is 0.475. The second kappa shape index (κ2) is 8.73. The zero-order chi connectivity index (χ0) is 15.8. The van der Waals surface area contributed by atoms with Crippen LogP contribution in [0.5, 0.6) is 0 Å². The highest BCUT2D eigenvalue weighted by Gasteiger charge is 2.06. The molecule has 0 aliphatic carbocycles. The highest BCUT2D eigenvalue weighted by Crippen LogP contribution is 2.24. The van der Waals surface area contributed by atoms with Gasteiger partial charge in [0, 0.05) is 5.56 Å². The summed E-state index contributed by atoms with van der Waals surface area (Å²) in [5.41, 5.74) is 3.97. The topological polar surface area (TPSA) is 0 Å². The van der Waals surface area contributed by atoms with Crippen molar-refractivity contribution in [1.82, 2.24) is 0 Å². The van der Waals surface area contributed by atoms with Gasteiger partial charge in [-0.05, 0) is 37.0 Å². The summed E-state index contributed by atoms with van der Waals surface area (Å²) in [6, 6.07) is 13.7. The number of hydrogen-bond donors (Lipinski definition) is 0. The van der Waals surface area contributed by atoms with E-state index in [1.807, 2.05) is 37.3 Å². The van der Waals surface area contributed by atoms with Crippen molar-refractivity contribution in [2.24, 2.45) is 0 Å². The van der Waals surface area contributed by atoms with Gasteiger partial charge in [-0.15, -0.1) is 0 Å². The number of rotatable bonds is 8. The number of hydrogen-bond acceptors (Lipinski definition) is 0. The first-order valence-corrected chi connectivity index (χ1v) is 8.56. The van der Waals surface area contributed by atoms with E-state index in [0.29, 0.717) is 5.56 Å². The van der Waals surface area contributed by atoms with Crippen molar-refractivity contribution in [3.05, 3.63) is 59.4 Å². The minimum atomic E-state index is -0.104. The van der Waals surface area contributed by atoms with Gasteiger partial charge in [-0.25, -0.2) is 4.39 Å². The molecule has 2 rings (SSSR count). The maximum Gasteiger partial charge on any atom is 0.131 e. The predicted molar refractivity (Wildman–Crippen MR) is 93.7 cm³/mol. The number of halogens is 1. The summed E-state index contributed by atoms with van der Waals surface area (Å²) < 4.78 is 14.3. The number of benzene rings is 2. The molecular formula is C21H27F. The molecule has 0 spiro atoms. The molecule has 0 aromatic heterocycles. The van der Waals surface area contributed by atoms with Crippen LogP contribution in [-0.4, -0.2) is 0 Å². The second-order valence-electron chi connectivity index (χ2n) is 6.20. The molecule has 0 aliphatic heterocycles. The molecule has 2 aromatic carbocycles. The van der Waals surface area contributed by atoms with E-state index in [1.165, 1.54) is 37.7 Å². The van der Waals surface area contributed by atoms with Crippen molar-refractivity contribution in [2.75, 3.05) is 0 Å². The zero-order valence-corrected chi connectivity index (χ0v) is 13.9.